The molecule has 0 saturated carbocycles. The number of sulfone groups is 1. The van der Waals surface area contributed by atoms with E-state index in [4.69, 9.17) is 11.6 Å². The summed E-state index contributed by atoms with van der Waals surface area (Å²) in [5, 5.41) is 2.90. The van der Waals surface area contributed by atoms with Crippen molar-refractivity contribution >= 4 is 27.3 Å². The van der Waals surface area contributed by atoms with E-state index in [0.717, 1.165) is 0 Å². The minimum atomic E-state index is -2.88. The Hall–Kier alpha value is -1.08. The van der Waals surface area contributed by atoms with Gasteiger partial charge in [0.05, 0.1) is 17.8 Å². The van der Waals surface area contributed by atoms with Crippen molar-refractivity contribution in [2.45, 2.75) is 6.42 Å². The highest BCUT2D eigenvalue weighted by molar-refractivity contribution is 7.91. The summed E-state index contributed by atoms with van der Waals surface area (Å²) < 4.78 is 22.5. The second kappa shape index (κ2) is 4.66. The molecule has 1 aromatic rings. The molecule has 0 aromatic carbocycles. The molecule has 1 fully saturated rings. The SMILES string of the molecule is O=c1[nH]cnc(NCC2CCS(=O)(=O)C2)c1Cl. The lowest BCUT2D eigenvalue weighted by Crippen LogP contribution is -2.18. The number of nitrogens with zero attached hydrogens (tertiary/aromatic N) is 1. The minimum absolute atomic E-state index is 0.00615. The molecule has 1 atom stereocenters. The van der Waals surface area contributed by atoms with Crippen molar-refractivity contribution in [2.75, 3.05) is 23.4 Å². The van der Waals surface area contributed by atoms with Gasteiger partial charge in [0.25, 0.3) is 5.56 Å². The quantitative estimate of drug-likeness (QED) is 0.827. The summed E-state index contributed by atoms with van der Waals surface area (Å²) in [5.74, 6) is 0.758. The molecular weight excluding hydrogens is 266 g/mol. The molecule has 2 heterocycles. The monoisotopic (exact) mass is 277 g/mol. The molecule has 17 heavy (non-hydrogen) atoms. The van der Waals surface area contributed by atoms with Gasteiger partial charge in [0.1, 0.15) is 5.02 Å². The normalized spacial score (nSPS) is 22.5. The van der Waals surface area contributed by atoms with E-state index in [1.807, 2.05) is 0 Å². The molecule has 8 heteroatoms. The van der Waals surface area contributed by atoms with Gasteiger partial charge in [-0.05, 0) is 12.3 Å². The van der Waals surface area contributed by atoms with E-state index >= 15 is 0 Å². The maximum Gasteiger partial charge on any atom is 0.271 e. The van der Waals surface area contributed by atoms with Gasteiger partial charge >= 0.3 is 0 Å². The van der Waals surface area contributed by atoms with Gasteiger partial charge in [-0.1, -0.05) is 11.6 Å². The molecule has 1 aromatic heterocycles. The van der Waals surface area contributed by atoms with E-state index in [2.05, 4.69) is 15.3 Å². The summed E-state index contributed by atoms with van der Waals surface area (Å²) in [7, 11) is -2.88. The van der Waals surface area contributed by atoms with Gasteiger partial charge in [-0.25, -0.2) is 13.4 Å². The van der Waals surface area contributed by atoms with Crippen LogP contribution in [0.3, 0.4) is 0 Å². The minimum Gasteiger partial charge on any atom is -0.368 e. The number of aromatic amines is 1. The molecule has 0 radical (unpaired) electrons. The average molecular weight is 278 g/mol. The molecular formula is C9H12ClN3O3S. The molecule has 0 amide bonds. The van der Waals surface area contributed by atoms with Crippen LogP contribution >= 0.6 is 11.6 Å². The number of H-pyrrole nitrogens is 1. The fourth-order valence-electron chi connectivity index (χ4n) is 1.78. The predicted molar refractivity (Wildman–Crippen MR) is 65.1 cm³/mol. The second-order valence-corrected chi connectivity index (χ2v) is 6.65. The predicted octanol–water partition coefficient (Wildman–Crippen LogP) is 0.270. The lowest BCUT2D eigenvalue weighted by Gasteiger charge is -2.10. The van der Waals surface area contributed by atoms with E-state index in [1.54, 1.807) is 0 Å². The summed E-state index contributed by atoms with van der Waals surface area (Å²) in [4.78, 5) is 17.4. The Labute approximate surface area is 103 Å². The molecule has 0 spiro atoms. The van der Waals surface area contributed by atoms with Crippen molar-refractivity contribution in [3.05, 3.63) is 21.7 Å². The number of halogens is 1. The maximum atomic E-state index is 11.2. The molecule has 1 unspecified atom stereocenters. The van der Waals surface area contributed by atoms with E-state index in [1.165, 1.54) is 6.33 Å². The third kappa shape index (κ3) is 2.98. The van der Waals surface area contributed by atoms with Crippen LogP contribution in [0.15, 0.2) is 11.1 Å². The first-order valence-corrected chi connectivity index (χ1v) is 7.35. The van der Waals surface area contributed by atoms with Crippen LogP contribution in [0, 0.1) is 5.92 Å². The fraction of sp³-hybridized carbons (Fsp3) is 0.556. The average Bonchev–Trinajstić information content (AvgIpc) is 2.61. The zero-order chi connectivity index (χ0) is 12.5. The van der Waals surface area contributed by atoms with Gasteiger partial charge in [0.2, 0.25) is 0 Å². The zero-order valence-corrected chi connectivity index (χ0v) is 10.5. The van der Waals surface area contributed by atoms with Crippen LogP contribution in [0.1, 0.15) is 6.42 Å². The van der Waals surface area contributed by atoms with Crippen LogP contribution in [-0.2, 0) is 9.84 Å². The van der Waals surface area contributed by atoms with Crippen LogP contribution in [0.2, 0.25) is 5.02 Å². The molecule has 6 nitrogen and oxygen atoms in total. The topological polar surface area (TPSA) is 91.9 Å². The van der Waals surface area contributed by atoms with Gasteiger partial charge in [0.15, 0.2) is 15.7 Å². The molecule has 2 rings (SSSR count). The van der Waals surface area contributed by atoms with Gasteiger partial charge < -0.3 is 10.3 Å². The smallest absolute Gasteiger partial charge is 0.271 e. The molecule has 1 saturated heterocycles. The molecule has 1 aliphatic heterocycles. The van der Waals surface area contributed by atoms with Gasteiger partial charge in [-0.2, -0.15) is 0 Å². The van der Waals surface area contributed by atoms with Crippen molar-refractivity contribution < 1.29 is 8.42 Å². The number of hydrogen-bond acceptors (Lipinski definition) is 5. The molecule has 94 valence electrons. The van der Waals surface area contributed by atoms with Gasteiger partial charge in [-0.3, -0.25) is 4.79 Å². The van der Waals surface area contributed by atoms with E-state index in [-0.39, 0.29) is 22.4 Å². The Morgan fingerprint density at radius 3 is 3.00 bits per heavy atom. The van der Waals surface area contributed by atoms with Crippen LogP contribution in [-0.4, -0.2) is 36.4 Å². The maximum absolute atomic E-state index is 11.2. The summed E-state index contributed by atoms with van der Waals surface area (Å²) >= 11 is 5.75. The van der Waals surface area contributed by atoms with E-state index < -0.39 is 15.4 Å². The van der Waals surface area contributed by atoms with E-state index in [9.17, 15) is 13.2 Å². The second-order valence-electron chi connectivity index (χ2n) is 4.04. The number of nitrogens with one attached hydrogen (secondary N) is 2. The molecule has 0 aliphatic carbocycles. The fourth-order valence-corrected chi connectivity index (χ4v) is 3.81. The highest BCUT2D eigenvalue weighted by Crippen LogP contribution is 2.20. The number of anilines is 1. The molecule has 1 aliphatic rings. The van der Waals surface area contributed by atoms with Crippen LogP contribution < -0.4 is 10.9 Å². The van der Waals surface area contributed by atoms with Crippen molar-refractivity contribution in [3.8, 4) is 0 Å². The summed E-state index contributed by atoms with van der Waals surface area (Å²) in [5.41, 5.74) is -0.414. The Morgan fingerprint density at radius 1 is 1.59 bits per heavy atom. The Morgan fingerprint density at radius 2 is 2.35 bits per heavy atom. The van der Waals surface area contributed by atoms with Gasteiger partial charge in [-0.15, -0.1) is 0 Å². The first kappa shape index (κ1) is 12.4. The number of hydrogen-bond donors (Lipinski definition) is 2. The molecule has 2 N–H and O–H groups in total. The highest BCUT2D eigenvalue weighted by atomic mass is 35.5. The lowest BCUT2D eigenvalue weighted by molar-refractivity contribution is 0.595. The Bertz CT molecular complexity index is 569. The molecule has 0 bridgehead atoms. The third-order valence-corrected chi connectivity index (χ3v) is 4.87. The first-order chi connectivity index (χ1) is 7.98. The van der Waals surface area contributed by atoms with Crippen LogP contribution in [0.5, 0.6) is 0 Å². The van der Waals surface area contributed by atoms with Crippen molar-refractivity contribution in [3.63, 3.8) is 0 Å². The summed E-state index contributed by atoms with van der Waals surface area (Å²) in [6.45, 7) is 0.454. The largest absolute Gasteiger partial charge is 0.368 e. The van der Waals surface area contributed by atoms with Crippen molar-refractivity contribution in [1.29, 1.82) is 0 Å². The van der Waals surface area contributed by atoms with Gasteiger partial charge in [0, 0.05) is 6.54 Å². The lowest BCUT2D eigenvalue weighted by atomic mass is 10.1. The van der Waals surface area contributed by atoms with Crippen molar-refractivity contribution in [2.24, 2.45) is 5.92 Å². The van der Waals surface area contributed by atoms with Crippen LogP contribution in [0.4, 0.5) is 5.82 Å². The highest BCUT2D eigenvalue weighted by Gasteiger charge is 2.27. The Balaban J connectivity index is 1.99. The number of aromatic nitrogens is 2. The summed E-state index contributed by atoms with van der Waals surface area (Å²) in [6, 6.07) is 0. The van der Waals surface area contributed by atoms with Crippen LogP contribution in [0.25, 0.3) is 0 Å². The zero-order valence-electron chi connectivity index (χ0n) is 8.94. The summed E-state index contributed by atoms with van der Waals surface area (Å²) in [6.07, 6.45) is 1.89. The first-order valence-electron chi connectivity index (χ1n) is 5.15. The van der Waals surface area contributed by atoms with E-state index in [0.29, 0.717) is 18.8 Å². The standard InChI is InChI=1S/C9H12ClN3O3S/c10-7-8(12-5-13-9(7)14)11-3-6-1-2-17(15,16)4-6/h5-6H,1-4H2,(H2,11,12,13,14). The van der Waals surface area contributed by atoms with Crippen molar-refractivity contribution in [1.82, 2.24) is 9.97 Å². The Kier molecular flexibility index (Phi) is 3.39. The third-order valence-electron chi connectivity index (χ3n) is 2.68. The number of rotatable bonds is 3.